The van der Waals surface area contributed by atoms with Crippen LogP contribution in [0.1, 0.15) is 12.5 Å². The zero-order chi connectivity index (χ0) is 13.5. The summed E-state index contributed by atoms with van der Waals surface area (Å²) in [4.78, 5) is 6.50. The maximum atomic E-state index is 5.36. The van der Waals surface area contributed by atoms with Gasteiger partial charge in [0.15, 0.2) is 0 Å². The molecule has 1 aliphatic heterocycles. The van der Waals surface area contributed by atoms with Crippen molar-refractivity contribution in [3.05, 3.63) is 24.0 Å². The van der Waals surface area contributed by atoms with Crippen molar-refractivity contribution < 1.29 is 9.47 Å². The van der Waals surface area contributed by atoms with Crippen LogP contribution in [-0.4, -0.2) is 55.9 Å². The van der Waals surface area contributed by atoms with Crippen molar-refractivity contribution >= 4 is 0 Å². The van der Waals surface area contributed by atoms with Crippen molar-refractivity contribution in [1.29, 1.82) is 0 Å². The summed E-state index contributed by atoms with van der Waals surface area (Å²) < 4.78 is 10.7. The highest BCUT2D eigenvalue weighted by Gasteiger charge is 2.13. The molecular formula is C14H23N3O2. The Bertz CT molecular complexity index is 381. The van der Waals surface area contributed by atoms with E-state index in [0.717, 1.165) is 50.7 Å². The summed E-state index contributed by atoms with van der Waals surface area (Å²) in [6.45, 7) is 7.84. The van der Waals surface area contributed by atoms with Gasteiger partial charge in [0.1, 0.15) is 5.75 Å². The third-order valence-corrected chi connectivity index (χ3v) is 3.37. The number of pyridine rings is 1. The van der Waals surface area contributed by atoms with Crippen molar-refractivity contribution in [2.24, 2.45) is 0 Å². The van der Waals surface area contributed by atoms with Crippen LogP contribution in [0.15, 0.2) is 18.5 Å². The monoisotopic (exact) mass is 265 g/mol. The molecule has 0 saturated carbocycles. The predicted octanol–water partition coefficient (Wildman–Crippen LogP) is 0.900. The zero-order valence-corrected chi connectivity index (χ0v) is 11.8. The first-order valence-corrected chi connectivity index (χ1v) is 6.80. The van der Waals surface area contributed by atoms with Gasteiger partial charge >= 0.3 is 0 Å². The molecule has 0 radical (unpaired) electrons. The number of hydrogen-bond donors (Lipinski definition) is 1. The quantitative estimate of drug-likeness (QED) is 0.828. The molecule has 2 rings (SSSR count). The lowest BCUT2D eigenvalue weighted by molar-refractivity contribution is 0.0343. The van der Waals surface area contributed by atoms with Gasteiger partial charge in [0.25, 0.3) is 0 Å². The second kappa shape index (κ2) is 7.43. The average molecular weight is 265 g/mol. The van der Waals surface area contributed by atoms with Crippen LogP contribution < -0.4 is 10.1 Å². The van der Waals surface area contributed by atoms with Crippen LogP contribution in [0.4, 0.5) is 0 Å². The summed E-state index contributed by atoms with van der Waals surface area (Å²) in [6.07, 6.45) is 3.55. The minimum absolute atomic E-state index is 0.441. The van der Waals surface area contributed by atoms with E-state index in [9.17, 15) is 0 Å². The molecule has 2 heterocycles. The number of methoxy groups -OCH3 is 1. The lowest BCUT2D eigenvalue weighted by atomic mass is 10.2. The average Bonchev–Trinajstić information content (AvgIpc) is 2.46. The van der Waals surface area contributed by atoms with E-state index in [1.54, 1.807) is 19.5 Å². The summed E-state index contributed by atoms with van der Waals surface area (Å²) in [7, 11) is 1.68. The molecule has 5 heteroatoms. The lowest BCUT2D eigenvalue weighted by Crippen LogP contribution is -2.44. The van der Waals surface area contributed by atoms with Crippen molar-refractivity contribution in [2.45, 2.75) is 19.5 Å². The van der Waals surface area contributed by atoms with E-state index in [1.807, 2.05) is 6.07 Å². The smallest absolute Gasteiger partial charge is 0.141 e. The molecule has 106 valence electrons. The van der Waals surface area contributed by atoms with E-state index >= 15 is 0 Å². The highest BCUT2D eigenvalue weighted by molar-refractivity contribution is 5.29. The van der Waals surface area contributed by atoms with E-state index in [1.165, 1.54) is 0 Å². The Morgan fingerprint density at radius 3 is 3.00 bits per heavy atom. The molecule has 0 bridgehead atoms. The lowest BCUT2D eigenvalue weighted by Gasteiger charge is -2.29. The maximum Gasteiger partial charge on any atom is 0.141 e. The number of nitrogens with one attached hydrogen (secondary N) is 1. The third-order valence-electron chi connectivity index (χ3n) is 3.37. The number of aromatic nitrogens is 1. The van der Waals surface area contributed by atoms with Crippen LogP contribution in [0.25, 0.3) is 0 Å². The summed E-state index contributed by atoms with van der Waals surface area (Å²) in [5, 5.41) is 3.53. The molecule has 1 N–H and O–H groups in total. The fraction of sp³-hybridized carbons (Fsp3) is 0.643. The number of nitrogens with zero attached hydrogens (tertiary/aromatic N) is 2. The Hall–Kier alpha value is -1.17. The van der Waals surface area contributed by atoms with Crippen LogP contribution in [0, 0.1) is 0 Å². The fourth-order valence-electron chi connectivity index (χ4n) is 2.26. The standard InChI is InChI=1S/C14H23N3O2/c1-12(11-17-5-7-19-8-6-17)16-9-13-3-4-15-10-14(13)18-2/h3-4,10,12,16H,5-9,11H2,1-2H3. The first-order chi connectivity index (χ1) is 9.29. The normalized spacial score (nSPS) is 18.2. The first kappa shape index (κ1) is 14.2. The molecule has 1 aromatic rings. The van der Waals surface area contributed by atoms with E-state index < -0.39 is 0 Å². The van der Waals surface area contributed by atoms with Gasteiger partial charge in [-0.15, -0.1) is 0 Å². The van der Waals surface area contributed by atoms with Gasteiger partial charge < -0.3 is 14.8 Å². The van der Waals surface area contributed by atoms with Crippen molar-refractivity contribution in [3.8, 4) is 5.75 Å². The Kier molecular flexibility index (Phi) is 5.57. The SMILES string of the molecule is COc1cnccc1CNC(C)CN1CCOCC1. The van der Waals surface area contributed by atoms with Crippen LogP contribution in [0.5, 0.6) is 5.75 Å². The molecule has 1 atom stereocenters. The van der Waals surface area contributed by atoms with Crippen LogP contribution in [-0.2, 0) is 11.3 Å². The fourth-order valence-corrected chi connectivity index (χ4v) is 2.26. The summed E-state index contributed by atoms with van der Waals surface area (Å²) >= 11 is 0. The van der Waals surface area contributed by atoms with Crippen LogP contribution in [0.3, 0.4) is 0 Å². The first-order valence-electron chi connectivity index (χ1n) is 6.80. The molecule has 1 aliphatic rings. The Morgan fingerprint density at radius 2 is 2.26 bits per heavy atom. The van der Waals surface area contributed by atoms with Gasteiger partial charge in [-0.1, -0.05) is 0 Å². The maximum absolute atomic E-state index is 5.36. The number of rotatable bonds is 6. The van der Waals surface area contributed by atoms with Crippen molar-refractivity contribution in [1.82, 2.24) is 15.2 Å². The number of hydrogen-bond acceptors (Lipinski definition) is 5. The minimum atomic E-state index is 0.441. The molecule has 1 saturated heterocycles. The Labute approximate surface area is 114 Å². The predicted molar refractivity (Wildman–Crippen MR) is 74.3 cm³/mol. The van der Waals surface area contributed by atoms with E-state index in [-0.39, 0.29) is 0 Å². The van der Waals surface area contributed by atoms with E-state index in [2.05, 4.69) is 22.1 Å². The zero-order valence-electron chi connectivity index (χ0n) is 11.8. The Balaban J connectivity index is 1.77. The van der Waals surface area contributed by atoms with E-state index in [4.69, 9.17) is 9.47 Å². The van der Waals surface area contributed by atoms with Gasteiger partial charge in [0.05, 0.1) is 26.5 Å². The highest BCUT2D eigenvalue weighted by Crippen LogP contribution is 2.15. The van der Waals surface area contributed by atoms with Crippen LogP contribution in [0.2, 0.25) is 0 Å². The number of morpholine rings is 1. The van der Waals surface area contributed by atoms with Gasteiger partial charge in [0, 0.05) is 44.0 Å². The van der Waals surface area contributed by atoms with Gasteiger partial charge in [0.2, 0.25) is 0 Å². The molecule has 0 aliphatic carbocycles. The molecule has 0 aromatic carbocycles. The molecule has 0 spiro atoms. The molecule has 0 amide bonds. The van der Waals surface area contributed by atoms with Gasteiger partial charge in [-0.3, -0.25) is 9.88 Å². The van der Waals surface area contributed by atoms with Gasteiger partial charge in [-0.25, -0.2) is 0 Å². The topological polar surface area (TPSA) is 46.6 Å². The van der Waals surface area contributed by atoms with Crippen molar-refractivity contribution in [3.63, 3.8) is 0 Å². The summed E-state index contributed by atoms with van der Waals surface area (Å²) in [5.41, 5.74) is 1.14. The Morgan fingerprint density at radius 1 is 1.47 bits per heavy atom. The molecular weight excluding hydrogens is 242 g/mol. The summed E-state index contributed by atoms with van der Waals surface area (Å²) in [6, 6.07) is 2.43. The molecule has 5 nitrogen and oxygen atoms in total. The molecule has 19 heavy (non-hydrogen) atoms. The molecule has 1 unspecified atom stereocenters. The van der Waals surface area contributed by atoms with Crippen molar-refractivity contribution in [2.75, 3.05) is 40.0 Å². The third kappa shape index (κ3) is 4.45. The molecule has 1 fully saturated rings. The van der Waals surface area contributed by atoms with Gasteiger partial charge in [-0.05, 0) is 13.0 Å². The van der Waals surface area contributed by atoms with Gasteiger partial charge in [-0.2, -0.15) is 0 Å². The second-order valence-corrected chi connectivity index (χ2v) is 4.88. The highest BCUT2D eigenvalue weighted by atomic mass is 16.5. The van der Waals surface area contributed by atoms with E-state index in [0.29, 0.717) is 6.04 Å². The largest absolute Gasteiger partial charge is 0.495 e. The summed E-state index contributed by atoms with van der Waals surface area (Å²) in [5.74, 6) is 0.841. The molecule has 1 aromatic heterocycles. The second-order valence-electron chi connectivity index (χ2n) is 4.88. The number of ether oxygens (including phenoxy) is 2. The minimum Gasteiger partial charge on any atom is -0.495 e. The van der Waals surface area contributed by atoms with Crippen LogP contribution >= 0.6 is 0 Å².